The first-order valence-corrected chi connectivity index (χ1v) is 11.3. The van der Waals surface area contributed by atoms with E-state index in [9.17, 15) is 14.4 Å². The third-order valence-corrected chi connectivity index (χ3v) is 5.41. The average Bonchev–Trinajstić information content (AvgIpc) is 3.18. The lowest BCUT2D eigenvalue weighted by molar-refractivity contribution is 0.0494. The molecule has 0 saturated heterocycles. The fourth-order valence-corrected chi connectivity index (χ4v) is 3.76. The van der Waals surface area contributed by atoms with Gasteiger partial charge in [-0.3, -0.25) is 9.48 Å². The molecule has 2 heterocycles. The van der Waals surface area contributed by atoms with Gasteiger partial charge in [0.05, 0.1) is 41.8 Å². The van der Waals surface area contributed by atoms with Crippen molar-refractivity contribution in [2.24, 2.45) is 0 Å². The van der Waals surface area contributed by atoms with Crippen LogP contribution in [0, 0.1) is 0 Å². The average molecular weight is 458 g/mol. The van der Waals surface area contributed by atoms with Gasteiger partial charge in [-0.15, -0.1) is 0 Å². The molecule has 178 valence electrons. The van der Waals surface area contributed by atoms with Crippen LogP contribution in [0.3, 0.4) is 0 Å². The van der Waals surface area contributed by atoms with Crippen molar-refractivity contribution in [3.8, 4) is 0 Å². The van der Waals surface area contributed by atoms with Crippen LogP contribution < -0.4 is 5.32 Å². The Morgan fingerprint density at radius 1 is 1.18 bits per heavy atom. The van der Waals surface area contributed by atoms with E-state index in [4.69, 9.17) is 9.47 Å². The number of ether oxygens (including phenoxy) is 3. The van der Waals surface area contributed by atoms with Gasteiger partial charge < -0.3 is 19.5 Å². The normalized spacial score (nSPS) is 14.5. The van der Waals surface area contributed by atoms with E-state index < -0.39 is 11.9 Å². The predicted octanol–water partition coefficient (Wildman–Crippen LogP) is 2.56. The molecule has 1 aliphatic heterocycles. The molecule has 0 bridgehead atoms. The monoisotopic (exact) mass is 457 g/mol. The third kappa shape index (κ3) is 6.41. The van der Waals surface area contributed by atoms with E-state index >= 15 is 0 Å². The van der Waals surface area contributed by atoms with Crippen molar-refractivity contribution in [3.05, 3.63) is 52.3 Å². The van der Waals surface area contributed by atoms with Crippen LogP contribution in [0.15, 0.2) is 24.3 Å². The number of carbonyl (C=O) groups is 3. The van der Waals surface area contributed by atoms with Gasteiger partial charge in [0.1, 0.15) is 0 Å². The van der Waals surface area contributed by atoms with Crippen LogP contribution in [0.25, 0.3) is 0 Å². The summed E-state index contributed by atoms with van der Waals surface area (Å²) in [6, 6.07) is 6.23. The lowest BCUT2D eigenvalue weighted by atomic mass is 10.1. The van der Waals surface area contributed by atoms with Crippen molar-refractivity contribution >= 4 is 17.8 Å². The van der Waals surface area contributed by atoms with Gasteiger partial charge in [0.25, 0.3) is 5.91 Å². The Balaban J connectivity index is 1.64. The predicted molar refractivity (Wildman–Crippen MR) is 120 cm³/mol. The zero-order chi connectivity index (χ0) is 23.6. The number of hydrogen-bond donors (Lipinski definition) is 1. The van der Waals surface area contributed by atoms with Gasteiger partial charge in [-0.2, -0.15) is 5.10 Å². The Morgan fingerprint density at radius 2 is 1.94 bits per heavy atom. The largest absolute Gasteiger partial charge is 0.465 e. The highest BCUT2D eigenvalue weighted by Gasteiger charge is 2.23. The van der Waals surface area contributed by atoms with E-state index in [1.165, 1.54) is 13.2 Å². The highest BCUT2D eigenvalue weighted by Crippen LogP contribution is 2.19. The standard InChI is InChI=1S/C24H31N3O6/c1-3-19-21-20(10-5-13-32-14-6-11-25-22(21)28)27(26-19)12-7-15-33-24(30)18-9-4-8-17(16-18)23(29)31-2/h4,8-9,16H,3,5-7,10-15H2,1-2H3,(H,25,28). The fraction of sp³-hybridized carbons (Fsp3) is 0.500. The van der Waals surface area contributed by atoms with Crippen molar-refractivity contribution in [1.29, 1.82) is 0 Å². The van der Waals surface area contributed by atoms with Crippen LogP contribution in [0.2, 0.25) is 0 Å². The van der Waals surface area contributed by atoms with Crippen molar-refractivity contribution in [2.45, 2.75) is 45.6 Å². The summed E-state index contributed by atoms with van der Waals surface area (Å²) >= 11 is 0. The second-order valence-electron chi connectivity index (χ2n) is 7.73. The Hall–Kier alpha value is -3.20. The lowest BCUT2D eigenvalue weighted by Gasteiger charge is -2.10. The Labute approximate surface area is 193 Å². The maximum atomic E-state index is 12.8. The molecule has 0 spiro atoms. The molecular formula is C24H31N3O6. The summed E-state index contributed by atoms with van der Waals surface area (Å²) in [6.45, 7) is 4.54. The highest BCUT2D eigenvalue weighted by molar-refractivity contribution is 5.96. The van der Waals surface area contributed by atoms with E-state index in [0.29, 0.717) is 56.7 Å². The number of aryl methyl sites for hydroxylation is 2. The molecule has 0 fully saturated rings. The number of nitrogens with one attached hydrogen (secondary N) is 1. The number of nitrogens with zero attached hydrogens (tertiary/aromatic N) is 2. The van der Waals surface area contributed by atoms with Crippen LogP contribution in [-0.4, -0.2) is 61.1 Å². The molecule has 3 rings (SSSR count). The first-order valence-electron chi connectivity index (χ1n) is 11.3. The molecule has 0 aliphatic carbocycles. The molecule has 9 heteroatoms. The van der Waals surface area contributed by atoms with E-state index in [1.807, 2.05) is 11.6 Å². The number of methoxy groups -OCH3 is 1. The molecule has 1 N–H and O–H groups in total. The molecule has 1 aliphatic rings. The minimum absolute atomic E-state index is 0.0908. The van der Waals surface area contributed by atoms with E-state index in [2.05, 4.69) is 15.2 Å². The van der Waals surface area contributed by atoms with Gasteiger partial charge in [0, 0.05) is 32.7 Å². The minimum Gasteiger partial charge on any atom is -0.465 e. The third-order valence-electron chi connectivity index (χ3n) is 5.41. The van der Waals surface area contributed by atoms with E-state index in [1.54, 1.807) is 18.2 Å². The zero-order valence-electron chi connectivity index (χ0n) is 19.2. The first kappa shape index (κ1) is 24.4. The Kier molecular flexibility index (Phi) is 9.00. The molecule has 9 nitrogen and oxygen atoms in total. The number of fused-ring (bicyclic) bond motifs is 1. The van der Waals surface area contributed by atoms with Crippen LogP contribution in [0.1, 0.15) is 68.6 Å². The zero-order valence-corrected chi connectivity index (χ0v) is 19.2. The van der Waals surface area contributed by atoms with Crippen LogP contribution in [-0.2, 0) is 33.6 Å². The van der Waals surface area contributed by atoms with Gasteiger partial charge in [-0.25, -0.2) is 9.59 Å². The van der Waals surface area contributed by atoms with Gasteiger partial charge in [0.15, 0.2) is 0 Å². The number of benzene rings is 1. The quantitative estimate of drug-likeness (QED) is 0.503. The molecule has 33 heavy (non-hydrogen) atoms. The summed E-state index contributed by atoms with van der Waals surface area (Å²) in [5.74, 6) is -1.11. The molecule has 0 radical (unpaired) electrons. The molecule has 0 saturated carbocycles. The second-order valence-corrected chi connectivity index (χ2v) is 7.73. The molecule has 1 aromatic heterocycles. The van der Waals surface area contributed by atoms with Crippen molar-refractivity contribution < 1.29 is 28.6 Å². The summed E-state index contributed by atoms with van der Waals surface area (Å²) < 4.78 is 17.5. The lowest BCUT2D eigenvalue weighted by Crippen LogP contribution is -2.26. The summed E-state index contributed by atoms with van der Waals surface area (Å²) in [5.41, 5.74) is 2.91. The highest BCUT2D eigenvalue weighted by atomic mass is 16.5. The second kappa shape index (κ2) is 12.2. The van der Waals surface area contributed by atoms with Crippen molar-refractivity contribution in [1.82, 2.24) is 15.1 Å². The Bertz CT molecular complexity index is 985. The summed E-state index contributed by atoms with van der Waals surface area (Å²) in [5, 5.41) is 7.63. The summed E-state index contributed by atoms with van der Waals surface area (Å²) in [7, 11) is 1.29. The maximum absolute atomic E-state index is 12.8. The number of rotatable bonds is 7. The van der Waals surface area contributed by atoms with E-state index in [-0.39, 0.29) is 18.1 Å². The SMILES string of the molecule is CCc1nn(CCCOC(=O)c2cccc(C(=O)OC)c2)c2c1C(=O)NCCCOCCC2. The number of carbonyl (C=O) groups excluding carboxylic acids is 3. The number of amides is 1. The van der Waals surface area contributed by atoms with Gasteiger partial charge >= 0.3 is 11.9 Å². The molecule has 0 atom stereocenters. The first-order chi connectivity index (χ1) is 16.0. The van der Waals surface area contributed by atoms with Crippen LogP contribution >= 0.6 is 0 Å². The topological polar surface area (TPSA) is 109 Å². The molecule has 1 aromatic carbocycles. The van der Waals surface area contributed by atoms with Gasteiger partial charge in [0.2, 0.25) is 0 Å². The number of hydrogen-bond acceptors (Lipinski definition) is 7. The molecule has 0 unspecified atom stereocenters. The fourth-order valence-electron chi connectivity index (χ4n) is 3.76. The summed E-state index contributed by atoms with van der Waals surface area (Å²) in [4.78, 5) is 36.8. The van der Waals surface area contributed by atoms with Gasteiger partial charge in [-0.05, 0) is 43.9 Å². The molecular weight excluding hydrogens is 426 g/mol. The Morgan fingerprint density at radius 3 is 2.70 bits per heavy atom. The molecule has 2 aromatic rings. The maximum Gasteiger partial charge on any atom is 0.338 e. The van der Waals surface area contributed by atoms with Crippen LogP contribution in [0.5, 0.6) is 0 Å². The number of esters is 2. The number of aromatic nitrogens is 2. The van der Waals surface area contributed by atoms with E-state index in [0.717, 1.165) is 24.2 Å². The van der Waals surface area contributed by atoms with Gasteiger partial charge in [-0.1, -0.05) is 13.0 Å². The van der Waals surface area contributed by atoms with Crippen molar-refractivity contribution in [3.63, 3.8) is 0 Å². The molecule has 1 amide bonds. The van der Waals surface area contributed by atoms with Crippen LogP contribution in [0.4, 0.5) is 0 Å². The minimum atomic E-state index is -0.511. The smallest absolute Gasteiger partial charge is 0.338 e. The van der Waals surface area contributed by atoms with Crippen molar-refractivity contribution in [2.75, 3.05) is 33.5 Å². The summed E-state index contributed by atoms with van der Waals surface area (Å²) in [6.07, 6.45) is 3.48.